The zero-order chi connectivity index (χ0) is 9.56. The van der Waals surface area contributed by atoms with E-state index in [1.165, 1.54) is 0 Å². The van der Waals surface area contributed by atoms with Crippen molar-refractivity contribution in [3.05, 3.63) is 0 Å². The minimum atomic E-state index is -0.563. The van der Waals surface area contributed by atoms with Gasteiger partial charge >= 0.3 is 0 Å². The lowest BCUT2D eigenvalue weighted by molar-refractivity contribution is -0.123. The molecule has 4 heteroatoms. The summed E-state index contributed by atoms with van der Waals surface area (Å²) >= 11 is 0. The largest absolute Gasteiger partial charge is 0.393 e. The highest BCUT2D eigenvalue weighted by molar-refractivity contribution is 5.76. The maximum Gasteiger partial charge on any atom is 0.222 e. The number of aliphatic hydroxyl groups excluding tert-OH is 1. The summed E-state index contributed by atoms with van der Waals surface area (Å²) in [4.78, 5) is 11.0. The molecule has 0 aliphatic rings. The first-order chi connectivity index (χ1) is 5.56. The van der Waals surface area contributed by atoms with E-state index in [9.17, 15) is 4.79 Å². The quantitative estimate of drug-likeness (QED) is 0.525. The van der Waals surface area contributed by atoms with Gasteiger partial charge in [0.25, 0.3) is 0 Å². The monoisotopic (exact) mass is 174 g/mol. The fourth-order valence-corrected chi connectivity index (χ4v) is 0.959. The molecule has 0 rings (SSSR count). The molecule has 3 N–H and O–H groups in total. The fraction of sp³-hybridized carbons (Fsp3) is 0.875. The molecular weight excluding hydrogens is 156 g/mol. The highest BCUT2D eigenvalue weighted by Gasteiger charge is 2.08. The molecule has 0 saturated heterocycles. The van der Waals surface area contributed by atoms with Crippen LogP contribution in [-0.2, 0) is 4.79 Å². The van der Waals surface area contributed by atoms with Gasteiger partial charge in [-0.1, -0.05) is 0 Å². The summed E-state index contributed by atoms with van der Waals surface area (Å²) in [5.74, 6) is -0.104. The van der Waals surface area contributed by atoms with E-state index in [-0.39, 0.29) is 18.4 Å². The zero-order valence-electron chi connectivity index (χ0n) is 7.92. The van der Waals surface area contributed by atoms with Crippen LogP contribution in [0.5, 0.6) is 0 Å². The second-order valence-electron chi connectivity index (χ2n) is 3.08. The summed E-state index contributed by atoms with van der Waals surface area (Å²) in [5, 5.41) is 14.6. The fourth-order valence-electron chi connectivity index (χ4n) is 0.959. The molecule has 0 unspecified atom stereocenters. The van der Waals surface area contributed by atoms with Gasteiger partial charge in [0.2, 0.25) is 5.91 Å². The molecule has 0 radical (unpaired) electrons. The van der Waals surface area contributed by atoms with Gasteiger partial charge in [0.1, 0.15) is 0 Å². The molecule has 0 aliphatic heterocycles. The molecule has 0 aromatic carbocycles. The number of likely N-dealkylation sites (N-methyl/N-ethyl adjacent to an activating group) is 1. The molecule has 2 atom stereocenters. The number of hydrogen-bond donors (Lipinski definition) is 3. The molecule has 1 amide bonds. The summed E-state index contributed by atoms with van der Waals surface area (Å²) in [7, 11) is 1.83. The number of aliphatic hydroxyl groups is 1. The van der Waals surface area contributed by atoms with Gasteiger partial charge in [-0.05, 0) is 20.9 Å². The van der Waals surface area contributed by atoms with Crippen LogP contribution in [0, 0.1) is 0 Å². The maximum absolute atomic E-state index is 11.0. The van der Waals surface area contributed by atoms with Crippen LogP contribution < -0.4 is 10.6 Å². The van der Waals surface area contributed by atoms with E-state index in [4.69, 9.17) is 5.11 Å². The summed E-state index contributed by atoms with van der Waals surface area (Å²) < 4.78 is 0. The number of carbonyl (C=O) groups excluding carboxylic acids is 1. The van der Waals surface area contributed by atoms with E-state index in [1.807, 2.05) is 14.0 Å². The Balaban J connectivity index is 3.54. The van der Waals surface area contributed by atoms with Crippen LogP contribution in [0.1, 0.15) is 20.3 Å². The van der Waals surface area contributed by atoms with Gasteiger partial charge in [0, 0.05) is 12.6 Å². The van der Waals surface area contributed by atoms with Gasteiger partial charge < -0.3 is 15.7 Å². The Labute approximate surface area is 73.3 Å². The first kappa shape index (κ1) is 11.4. The molecule has 72 valence electrons. The van der Waals surface area contributed by atoms with Gasteiger partial charge in [0.05, 0.1) is 12.5 Å². The first-order valence-corrected chi connectivity index (χ1v) is 4.18. The Morgan fingerprint density at radius 2 is 2.08 bits per heavy atom. The van der Waals surface area contributed by atoms with Crippen molar-refractivity contribution in [2.75, 3.05) is 13.6 Å². The predicted molar refractivity (Wildman–Crippen MR) is 47.8 cm³/mol. The summed E-state index contributed by atoms with van der Waals surface area (Å²) in [5.41, 5.74) is 0. The first-order valence-electron chi connectivity index (χ1n) is 4.18. The Bertz CT molecular complexity index is 137. The maximum atomic E-state index is 11.0. The van der Waals surface area contributed by atoms with E-state index < -0.39 is 6.10 Å². The van der Waals surface area contributed by atoms with Crippen LogP contribution in [0.25, 0.3) is 0 Å². The van der Waals surface area contributed by atoms with Gasteiger partial charge in [-0.3, -0.25) is 4.79 Å². The highest BCUT2D eigenvalue weighted by Crippen LogP contribution is 1.89. The number of rotatable bonds is 5. The average molecular weight is 174 g/mol. The minimum Gasteiger partial charge on any atom is -0.393 e. The molecule has 0 fully saturated rings. The van der Waals surface area contributed by atoms with Crippen molar-refractivity contribution < 1.29 is 9.90 Å². The Morgan fingerprint density at radius 3 is 2.50 bits per heavy atom. The highest BCUT2D eigenvalue weighted by atomic mass is 16.3. The second-order valence-corrected chi connectivity index (χ2v) is 3.08. The average Bonchev–Trinajstić information content (AvgIpc) is 1.84. The van der Waals surface area contributed by atoms with Crippen molar-refractivity contribution in [3.63, 3.8) is 0 Å². The molecule has 0 aromatic heterocycles. The van der Waals surface area contributed by atoms with Crippen molar-refractivity contribution in [1.29, 1.82) is 0 Å². The van der Waals surface area contributed by atoms with Gasteiger partial charge in [-0.15, -0.1) is 0 Å². The van der Waals surface area contributed by atoms with Crippen molar-refractivity contribution in [3.8, 4) is 0 Å². The van der Waals surface area contributed by atoms with E-state index in [2.05, 4.69) is 10.6 Å². The Kier molecular flexibility index (Phi) is 5.66. The van der Waals surface area contributed by atoms with Crippen molar-refractivity contribution in [1.82, 2.24) is 10.6 Å². The number of hydrogen-bond acceptors (Lipinski definition) is 3. The molecule has 0 saturated carbocycles. The third-order valence-electron chi connectivity index (χ3n) is 1.40. The molecule has 0 aromatic rings. The Hall–Kier alpha value is -0.610. The summed E-state index contributed by atoms with van der Waals surface area (Å²) in [6.07, 6.45) is -0.389. The standard InChI is InChI=1S/C8H18N2O2/c1-6(5-9-3)10-8(12)4-7(2)11/h6-7,9,11H,4-5H2,1-3H3,(H,10,12)/t6-,7-/m1/s1. The number of carbonyl (C=O) groups is 1. The SMILES string of the molecule is CNC[C@@H](C)NC(=O)C[C@@H](C)O. The third kappa shape index (κ3) is 6.12. The lowest BCUT2D eigenvalue weighted by Crippen LogP contribution is -2.39. The molecule has 0 bridgehead atoms. The van der Waals surface area contributed by atoms with Gasteiger partial charge in [0.15, 0.2) is 0 Å². The van der Waals surface area contributed by atoms with Crippen LogP contribution in [0.4, 0.5) is 0 Å². The van der Waals surface area contributed by atoms with Crippen LogP contribution in [-0.4, -0.2) is 36.8 Å². The summed E-state index contributed by atoms with van der Waals surface area (Å²) in [6, 6.07) is 0.112. The third-order valence-corrected chi connectivity index (χ3v) is 1.40. The molecule has 4 nitrogen and oxygen atoms in total. The van der Waals surface area contributed by atoms with E-state index in [1.54, 1.807) is 6.92 Å². The predicted octanol–water partition coefficient (Wildman–Crippen LogP) is -0.519. The normalized spacial score (nSPS) is 15.3. The number of nitrogens with one attached hydrogen (secondary N) is 2. The van der Waals surface area contributed by atoms with Gasteiger partial charge in [-0.25, -0.2) is 0 Å². The summed E-state index contributed by atoms with van der Waals surface area (Å²) in [6.45, 7) is 4.25. The lowest BCUT2D eigenvalue weighted by Gasteiger charge is -2.13. The number of amides is 1. The minimum absolute atomic E-state index is 0.104. The van der Waals surface area contributed by atoms with Crippen LogP contribution >= 0.6 is 0 Å². The van der Waals surface area contributed by atoms with Crippen LogP contribution in [0.2, 0.25) is 0 Å². The molecule has 0 heterocycles. The van der Waals surface area contributed by atoms with Crippen molar-refractivity contribution in [2.24, 2.45) is 0 Å². The Morgan fingerprint density at radius 1 is 1.50 bits per heavy atom. The zero-order valence-corrected chi connectivity index (χ0v) is 7.92. The van der Waals surface area contributed by atoms with E-state index >= 15 is 0 Å². The molecule has 0 spiro atoms. The molecular formula is C8H18N2O2. The van der Waals surface area contributed by atoms with E-state index in [0.717, 1.165) is 6.54 Å². The molecule has 0 aliphatic carbocycles. The van der Waals surface area contributed by atoms with Crippen LogP contribution in [0.3, 0.4) is 0 Å². The second kappa shape index (κ2) is 5.97. The molecule has 12 heavy (non-hydrogen) atoms. The van der Waals surface area contributed by atoms with Crippen LogP contribution in [0.15, 0.2) is 0 Å². The topological polar surface area (TPSA) is 61.4 Å². The smallest absolute Gasteiger partial charge is 0.222 e. The van der Waals surface area contributed by atoms with Crippen molar-refractivity contribution >= 4 is 5.91 Å². The van der Waals surface area contributed by atoms with Gasteiger partial charge in [-0.2, -0.15) is 0 Å². The lowest BCUT2D eigenvalue weighted by atomic mass is 10.2. The van der Waals surface area contributed by atoms with Crippen molar-refractivity contribution in [2.45, 2.75) is 32.4 Å². The van der Waals surface area contributed by atoms with E-state index in [0.29, 0.717) is 0 Å².